The second kappa shape index (κ2) is 10.5. The fourth-order valence-electron chi connectivity index (χ4n) is 2.21. The highest BCUT2D eigenvalue weighted by Gasteiger charge is 2.12. The van der Waals surface area contributed by atoms with Crippen LogP contribution in [0, 0.1) is 0 Å². The van der Waals surface area contributed by atoms with Crippen LogP contribution in [0.5, 0.6) is 11.5 Å². The van der Waals surface area contributed by atoms with Gasteiger partial charge in [-0.15, -0.1) is 0 Å². The zero-order valence-electron chi connectivity index (χ0n) is 14.8. The van der Waals surface area contributed by atoms with Gasteiger partial charge in [0.05, 0.1) is 14.2 Å². The lowest BCUT2D eigenvalue weighted by molar-refractivity contribution is -0.129. The van der Waals surface area contributed by atoms with Gasteiger partial charge in [-0.05, 0) is 24.6 Å². The Labute approximate surface area is 142 Å². The number of methoxy groups -OCH3 is 3. The van der Waals surface area contributed by atoms with Gasteiger partial charge in [0.25, 0.3) is 5.91 Å². The van der Waals surface area contributed by atoms with E-state index in [1.165, 1.54) is 21.1 Å². The average Bonchev–Trinajstić information content (AvgIpc) is 2.59. The molecule has 134 valence electrons. The number of nitrogens with zero attached hydrogens (tertiary/aromatic N) is 1. The second-order valence-electron chi connectivity index (χ2n) is 5.18. The topological polar surface area (TPSA) is 77.1 Å². The van der Waals surface area contributed by atoms with E-state index in [4.69, 9.17) is 14.2 Å². The predicted octanol–water partition coefficient (Wildman–Crippen LogP) is 1.32. The second-order valence-corrected chi connectivity index (χ2v) is 5.18. The number of hydrogen-bond acceptors (Lipinski definition) is 5. The van der Waals surface area contributed by atoms with E-state index in [0.717, 1.165) is 6.42 Å². The third-order valence-electron chi connectivity index (χ3n) is 3.53. The van der Waals surface area contributed by atoms with Gasteiger partial charge in [-0.2, -0.15) is 0 Å². The van der Waals surface area contributed by atoms with E-state index in [0.29, 0.717) is 43.3 Å². The van der Waals surface area contributed by atoms with Gasteiger partial charge in [0, 0.05) is 45.8 Å². The van der Waals surface area contributed by atoms with Gasteiger partial charge < -0.3 is 24.4 Å². The Morgan fingerprint density at radius 1 is 1.08 bits per heavy atom. The molecular weight excluding hydrogens is 312 g/mol. The summed E-state index contributed by atoms with van der Waals surface area (Å²) in [5, 5.41) is 2.80. The van der Waals surface area contributed by atoms with Crippen LogP contribution in [0.25, 0.3) is 0 Å². The summed E-state index contributed by atoms with van der Waals surface area (Å²) in [7, 11) is 4.68. The molecule has 1 aromatic rings. The molecule has 0 unspecified atom stereocenters. The van der Waals surface area contributed by atoms with Crippen LogP contribution in [0.4, 0.5) is 0 Å². The van der Waals surface area contributed by atoms with E-state index in [2.05, 4.69) is 5.32 Å². The third kappa shape index (κ3) is 6.08. The molecule has 1 aromatic carbocycles. The number of ether oxygens (including phenoxy) is 3. The molecule has 0 fully saturated rings. The lowest BCUT2D eigenvalue weighted by Crippen LogP contribution is -2.38. The van der Waals surface area contributed by atoms with Crippen LogP contribution in [-0.2, 0) is 9.53 Å². The van der Waals surface area contributed by atoms with Gasteiger partial charge in [0.1, 0.15) is 0 Å². The fraction of sp³-hybridized carbons (Fsp3) is 0.529. The number of carbonyl (C=O) groups is 2. The van der Waals surface area contributed by atoms with Crippen LogP contribution in [0.3, 0.4) is 0 Å². The molecule has 7 heteroatoms. The lowest BCUT2D eigenvalue weighted by Gasteiger charge is -2.21. The molecule has 0 aromatic heterocycles. The number of hydrogen-bond donors (Lipinski definition) is 1. The number of benzene rings is 1. The first kappa shape index (κ1) is 19.8. The molecular formula is C17H26N2O5. The summed E-state index contributed by atoms with van der Waals surface area (Å²) in [6.07, 6.45) is 0.764. The third-order valence-corrected chi connectivity index (χ3v) is 3.53. The van der Waals surface area contributed by atoms with E-state index in [-0.39, 0.29) is 11.8 Å². The van der Waals surface area contributed by atoms with E-state index in [1.807, 2.05) is 0 Å². The van der Waals surface area contributed by atoms with Gasteiger partial charge in [0.15, 0.2) is 11.5 Å². The van der Waals surface area contributed by atoms with Crippen molar-refractivity contribution in [1.29, 1.82) is 0 Å². The highest BCUT2D eigenvalue weighted by Crippen LogP contribution is 2.27. The van der Waals surface area contributed by atoms with Gasteiger partial charge in [0.2, 0.25) is 5.91 Å². The Kier molecular flexibility index (Phi) is 8.64. The molecule has 24 heavy (non-hydrogen) atoms. The van der Waals surface area contributed by atoms with Gasteiger partial charge >= 0.3 is 0 Å². The molecule has 2 amide bonds. The molecule has 0 saturated carbocycles. The van der Waals surface area contributed by atoms with Crippen LogP contribution in [0.1, 0.15) is 23.7 Å². The molecule has 0 saturated heterocycles. The summed E-state index contributed by atoms with van der Waals surface area (Å²) in [6, 6.07) is 4.97. The first-order chi connectivity index (χ1) is 11.5. The molecule has 1 N–H and O–H groups in total. The Balaban J connectivity index is 2.54. The average molecular weight is 338 g/mol. The Bertz CT molecular complexity index is 548. The molecule has 0 atom stereocenters. The summed E-state index contributed by atoms with van der Waals surface area (Å²) < 4.78 is 15.3. The van der Waals surface area contributed by atoms with Crippen molar-refractivity contribution in [2.75, 3.05) is 47.6 Å². The fourth-order valence-corrected chi connectivity index (χ4v) is 2.21. The summed E-state index contributed by atoms with van der Waals surface area (Å²) in [5.41, 5.74) is 0.474. The minimum absolute atomic E-state index is 0.0218. The summed E-state index contributed by atoms with van der Waals surface area (Å²) in [6.45, 7) is 3.55. The monoisotopic (exact) mass is 338 g/mol. The highest BCUT2D eigenvalue weighted by atomic mass is 16.5. The normalized spacial score (nSPS) is 10.2. The van der Waals surface area contributed by atoms with Crippen LogP contribution in [0.2, 0.25) is 0 Å². The molecule has 0 spiro atoms. The number of nitrogens with one attached hydrogen (secondary N) is 1. The number of carbonyl (C=O) groups excluding carboxylic acids is 2. The largest absolute Gasteiger partial charge is 0.493 e. The van der Waals surface area contributed by atoms with Crippen molar-refractivity contribution >= 4 is 11.8 Å². The first-order valence-electron chi connectivity index (χ1n) is 7.78. The maximum Gasteiger partial charge on any atom is 0.251 e. The van der Waals surface area contributed by atoms with Crippen molar-refractivity contribution in [3.05, 3.63) is 23.8 Å². The Morgan fingerprint density at radius 2 is 1.79 bits per heavy atom. The zero-order chi connectivity index (χ0) is 17.9. The molecule has 0 heterocycles. The van der Waals surface area contributed by atoms with E-state index in [9.17, 15) is 9.59 Å². The minimum Gasteiger partial charge on any atom is -0.493 e. The van der Waals surface area contributed by atoms with E-state index >= 15 is 0 Å². The number of rotatable bonds is 10. The molecule has 0 aliphatic heterocycles. The SMILES string of the molecule is COCCCN(CCNC(=O)c1ccc(OC)c(OC)c1)C(C)=O. The molecule has 0 aliphatic carbocycles. The van der Waals surface area contributed by atoms with Crippen molar-refractivity contribution in [3.63, 3.8) is 0 Å². The summed E-state index contributed by atoms with van der Waals surface area (Å²) >= 11 is 0. The first-order valence-corrected chi connectivity index (χ1v) is 7.78. The standard InChI is InChI=1S/C17H26N2O5/c1-13(20)19(9-5-11-22-2)10-8-18-17(21)14-6-7-15(23-3)16(12-14)24-4/h6-7,12H,5,8-11H2,1-4H3,(H,18,21). The van der Waals surface area contributed by atoms with Crippen molar-refractivity contribution < 1.29 is 23.8 Å². The maximum atomic E-state index is 12.2. The smallest absolute Gasteiger partial charge is 0.251 e. The van der Waals surface area contributed by atoms with Crippen molar-refractivity contribution in [2.45, 2.75) is 13.3 Å². The molecule has 0 aliphatic rings. The van der Waals surface area contributed by atoms with Gasteiger partial charge in [-0.3, -0.25) is 9.59 Å². The predicted molar refractivity (Wildman–Crippen MR) is 90.6 cm³/mol. The Hall–Kier alpha value is -2.28. The Morgan fingerprint density at radius 3 is 2.38 bits per heavy atom. The van der Waals surface area contributed by atoms with E-state index in [1.54, 1.807) is 30.2 Å². The van der Waals surface area contributed by atoms with Crippen LogP contribution < -0.4 is 14.8 Å². The van der Waals surface area contributed by atoms with Crippen molar-refractivity contribution in [1.82, 2.24) is 10.2 Å². The molecule has 1 rings (SSSR count). The molecule has 0 bridgehead atoms. The quantitative estimate of drug-likeness (QED) is 0.651. The van der Waals surface area contributed by atoms with E-state index < -0.39 is 0 Å². The van der Waals surface area contributed by atoms with Gasteiger partial charge in [-0.1, -0.05) is 0 Å². The lowest BCUT2D eigenvalue weighted by atomic mass is 10.2. The molecule has 7 nitrogen and oxygen atoms in total. The van der Waals surface area contributed by atoms with Crippen molar-refractivity contribution in [2.24, 2.45) is 0 Å². The van der Waals surface area contributed by atoms with Crippen LogP contribution in [-0.4, -0.2) is 64.3 Å². The van der Waals surface area contributed by atoms with Crippen LogP contribution >= 0.6 is 0 Å². The maximum absolute atomic E-state index is 12.2. The zero-order valence-corrected chi connectivity index (χ0v) is 14.8. The van der Waals surface area contributed by atoms with Crippen LogP contribution in [0.15, 0.2) is 18.2 Å². The minimum atomic E-state index is -0.226. The summed E-state index contributed by atoms with van der Waals surface area (Å²) in [5.74, 6) is 0.813. The summed E-state index contributed by atoms with van der Waals surface area (Å²) in [4.78, 5) is 25.5. The number of amides is 2. The highest BCUT2D eigenvalue weighted by molar-refractivity contribution is 5.94. The van der Waals surface area contributed by atoms with Crippen molar-refractivity contribution in [3.8, 4) is 11.5 Å². The van der Waals surface area contributed by atoms with Gasteiger partial charge in [-0.25, -0.2) is 0 Å². The molecule has 0 radical (unpaired) electrons.